The fraction of sp³-hybridized carbons (Fsp3) is 0.810. The molecule has 26 heavy (non-hydrogen) atoms. The van der Waals surface area contributed by atoms with Crippen molar-refractivity contribution in [3.8, 4) is 0 Å². The van der Waals surface area contributed by atoms with Crippen LogP contribution in [-0.4, -0.2) is 45.0 Å². The highest BCUT2D eigenvalue weighted by Crippen LogP contribution is 2.36. The maximum atomic E-state index is 10.5. The van der Waals surface area contributed by atoms with Gasteiger partial charge in [0, 0.05) is 41.9 Å². The van der Waals surface area contributed by atoms with E-state index in [4.69, 9.17) is 4.98 Å². The first-order valence-corrected chi connectivity index (χ1v) is 10.3. The summed E-state index contributed by atoms with van der Waals surface area (Å²) in [5.41, 5.74) is 0.930. The van der Waals surface area contributed by atoms with Gasteiger partial charge in [-0.05, 0) is 37.7 Å². The molecule has 2 saturated carbocycles. The lowest BCUT2D eigenvalue weighted by Crippen LogP contribution is -2.43. The van der Waals surface area contributed by atoms with E-state index in [-0.39, 0.29) is 29.9 Å². The molecule has 1 aromatic heterocycles. The highest BCUT2D eigenvalue weighted by Gasteiger charge is 2.43. The van der Waals surface area contributed by atoms with Gasteiger partial charge in [-0.2, -0.15) is 0 Å². The van der Waals surface area contributed by atoms with Crippen LogP contribution in [0.2, 0.25) is 0 Å². The van der Waals surface area contributed by atoms with Crippen molar-refractivity contribution in [1.82, 2.24) is 15.3 Å². The van der Waals surface area contributed by atoms with Gasteiger partial charge in [-0.25, -0.2) is 9.97 Å². The molecule has 5 nitrogen and oxygen atoms in total. The summed E-state index contributed by atoms with van der Waals surface area (Å²) in [5, 5.41) is 24.2. The van der Waals surface area contributed by atoms with Gasteiger partial charge in [-0.15, -0.1) is 0 Å². The Kier molecular flexibility index (Phi) is 6.31. The average Bonchev–Trinajstić information content (AvgIpc) is 2.89. The first-order valence-electron chi connectivity index (χ1n) is 10.3. The van der Waals surface area contributed by atoms with E-state index in [1.165, 1.54) is 32.1 Å². The summed E-state index contributed by atoms with van der Waals surface area (Å²) in [6.45, 7) is 6.39. The fourth-order valence-corrected chi connectivity index (χ4v) is 4.62. The van der Waals surface area contributed by atoms with Crippen LogP contribution < -0.4 is 5.32 Å². The van der Waals surface area contributed by atoms with E-state index in [2.05, 4.69) is 31.1 Å². The molecular weight excluding hydrogens is 326 g/mol. The first-order chi connectivity index (χ1) is 12.4. The molecule has 2 aliphatic rings. The van der Waals surface area contributed by atoms with Crippen molar-refractivity contribution in [1.29, 1.82) is 0 Å². The molecule has 0 amide bonds. The first kappa shape index (κ1) is 19.7. The zero-order valence-electron chi connectivity index (χ0n) is 16.5. The lowest BCUT2D eigenvalue weighted by Gasteiger charge is -2.31. The Balaban J connectivity index is 1.75. The highest BCUT2D eigenvalue weighted by atomic mass is 16.3. The van der Waals surface area contributed by atoms with E-state index < -0.39 is 6.10 Å². The summed E-state index contributed by atoms with van der Waals surface area (Å²) >= 11 is 0. The van der Waals surface area contributed by atoms with Crippen molar-refractivity contribution in [2.45, 2.75) is 89.3 Å². The Bertz CT molecular complexity index is 581. The van der Waals surface area contributed by atoms with E-state index >= 15 is 0 Å². The van der Waals surface area contributed by atoms with Gasteiger partial charge in [0.25, 0.3) is 0 Å². The van der Waals surface area contributed by atoms with Crippen LogP contribution in [0.25, 0.3) is 0 Å². The van der Waals surface area contributed by atoms with Crippen LogP contribution >= 0.6 is 0 Å². The molecule has 1 heterocycles. The number of aliphatic hydroxyl groups excluding tert-OH is 2. The van der Waals surface area contributed by atoms with E-state index in [1.807, 2.05) is 12.3 Å². The zero-order valence-corrected chi connectivity index (χ0v) is 16.5. The predicted octanol–water partition coefficient (Wildman–Crippen LogP) is 2.60. The maximum absolute atomic E-state index is 10.5. The van der Waals surface area contributed by atoms with Crippen LogP contribution in [0.4, 0.5) is 0 Å². The quantitative estimate of drug-likeness (QED) is 0.751. The molecule has 0 bridgehead atoms. The topological polar surface area (TPSA) is 78.3 Å². The van der Waals surface area contributed by atoms with Crippen LogP contribution in [0.1, 0.15) is 70.8 Å². The molecule has 4 unspecified atom stereocenters. The van der Waals surface area contributed by atoms with Crippen molar-refractivity contribution in [3.05, 3.63) is 23.8 Å². The molecule has 4 atom stereocenters. The highest BCUT2D eigenvalue weighted by molar-refractivity contribution is 5.11. The Morgan fingerprint density at radius 2 is 1.88 bits per heavy atom. The molecule has 0 aliphatic heterocycles. The molecule has 146 valence electrons. The van der Waals surface area contributed by atoms with Gasteiger partial charge < -0.3 is 15.5 Å². The van der Waals surface area contributed by atoms with Crippen molar-refractivity contribution in [3.63, 3.8) is 0 Å². The maximum Gasteiger partial charge on any atom is 0.133 e. The Morgan fingerprint density at radius 1 is 1.15 bits per heavy atom. The molecule has 5 heteroatoms. The van der Waals surface area contributed by atoms with E-state index in [0.29, 0.717) is 6.04 Å². The normalized spacial score (nSPS) is 30.7. The molecular formula is C21H35N3O2. The van der Waals surface area contributed by atoms with Gasteiger partial charge in [-0.3, -0.25) is 0 Å². The molecule has 3 N–H and O–H groups in total. The van der Waals surface area contributed by atoms with Crippen LogP contribution in [-0.2, 0) is 11.8 Å². The fourth-order valence-electron chi connectivity index (χ4n) is 4.62. The summed E-state index contributed by atoms with van der Waals surface area (Å²) in [7, 11) is 0. The largest absolute Gasteiger partial charge is 0.396 e. The van der Waals surface area contributed by atoms with Gasteiger partial charge in [0.2, 0.25) is 0 Å². The minimum atomic E-state index is -0.435. The van der Waals surface area contributed by atoms with E-state index in [1.54, 1.807) is 0 Å². The molecule has 0 saturated heterocycles. The lowest BCUT2D eigenvalue weighted by molar-refractivity contribution is 0.0714. The molecule has 0 aromatic carbocycles. The summed E-state index contributed by atoms with van der Waals surface area (Å²) in [6, 6.07) is 2.78. The van der Waals surface area contributed by atoms with Crippen molar-refractivity contribution in [2.24, 2.45) is 11.8 Å². The number of hydrogen-bond donors (Lipinski definition) is 3. The monoisotopic (exact) mass is 361 g/mol. The summed E-state index contributed by atoms with van der Waals surface area (Å²) in [6.07, 6.45) is 9.28. The van der Waals surface area contributed by atoms with Gasteiger partial charge in [-0.1, -0.05) is 40.0 Å². The van der Waals surface area contributed by atoms with Crippen LogP contribution in [0.5, 0.6) is 0 Å². The summed E-state index contributed by atoms with van der Waals surface area (Å²) < 4.78 is 0. The van der Waals surface area contributed by atoms with Crippen molar-refractivity contribution < 1.29 is 10.2 Å². The minimum absolute atomic E-state index is 0.0336. The number of rotatable bonds is 5. The molecule has 2 aliphatic carbocycles. The molecule has 0 spiro atoms. The van der Waals surface area contributed by atoms with Gasteiger partial charge in [0.1, 0.15) is 5.82 Å². The van der Waals surface area contributed by atoms with Crippen molar-refractivity contribution >= 4 is 0 Å². The second kappa shape index (κ2) is 8.32. The third kappa shape index (κ3) is 4.62. The number of aliphatic hydroxyl groups is 2. The average molecular weight is 362 g/mol. The standard InChI is InChI=1S/C21H35N3O2/c1-21(2,3)20-22-10-9-15(24-20)11-16-17(13-25)19(26)12-18(16)23-14-7-5-4-6-8-14/h9-10,14,16-19,23,25-26H,4-8,11-13H2,1-3H3. The second-order valence-electron chi connectivity index (χ2n) is 9.25. The van der Waals surface area contributed by atoms with Gasteiger partial charge >= 0.3 is 0 Å². The number of hydrogen-bond acceptors (Lipinski definition) is 5. The second-order valence-corrected chi connectivity index (χ2v) is 9.25. The lowest BCUT2D eigenvalue weighted by atomic mass is 9.87. The van der Waals surface area contributed by atoms with Crippen molar-refractivity contribution in [2.75, 3.05) is 6.61 Å². The van der Waals surface area contributed by atoms with E-state index in [0.717, 1.165) is 24.4 Å². The van der Waals surface area contributed by atoms with E-state index in [9.17, 15) is 10.2 Å². The van der Waals surface area contributed by atoms with Crippen LogP contribution in [0.3, 0.4) is 0 Å². The minimum Gasteiger partial charge on any atom is -0.396 e. The Morgan fingerprint density at radius 3 is 2.54 bits per heavy atom. The number of aromatic nitrogens is 2. The summed E-state index contributed by atoms with van der Waals surface area (Å²) in [4.78, 5) is 9.21. The third-order valence-corrected chi connectivity index (χ3v) is 6.15. The zero-order chi connectivity index (χ0) is 18.7. The Labute approximate surface area is 157 Å². The summed E-state index contributed by atoms with van der Waals surface area (Å²) in [5.74, 6) is 0.981. The molecule has 3 rings (SSSR count). The molecule has 1 aromatic rings. The smallest absolute Gasteiger partial charge is 0.133 e. The molecule has 2 fully saturated rings. The van der Waals surface area contributed by atoms with Crippen LogP contribution in [0.15, 0.2) is 12.3 Å². The Hall–Kier alpha value is -1.04. The van der Waals surface area contributed by atoms with Gasteiger partial charge in [0.15, 0.2) is 0 Å². The number of nitrogens with zero attached hydrogens (tertiary/aromatic N) is 2. The third-order valence-electron chi connectivity index (χ3n) is 6.15. The predicted molar refractivity (Wildman–Crippen MR) is 103 cm³/mol. The number of nitrogens with one attached hydrogen (secondary N) is 1. The molecule has 0 radical (unpaired) electrons. The SMILES string of the molecule is CC(C)(C)c1nccc(CC2C(NC3CCCCC3)CC(O)C2CO)n1. The van der Waals surface area contributed by atoms with Gasteiger partial charge in [0.05, 0.1) is 6.10 Å². The van der Waals surface area contributed by atoms with Crippen LogP contribution in [0, 0.1) is 11.8 Å².